The molecule has 0 saturated heterocycles. The first-order valence-electron chi connectivity index (χ1n) is 10.0. The van der Waals surface area contributed by atoms with Gasteiger partial charge in [-0.3, -0.25) is 4.57 Å². The minimum atomic E-state index is -3.28. The lowest BCUT2D eigenvalue weighted by Gasteiger charge is -2.20. The number of hydrogen-bond donors (Lipinski definition) is 1. The third-order valence-electron chi connectivity index (χ3n) is 4.76. The van der Waals surface area contributed by atoms with Crippen LogP contribution < -0.4 is 5.09 Å². The summed E-state index contributed by atoms with van der Waals surface area (Å²) in [6.07, 6.45) is 0. The van der Waals surface area contributed by atoms with Crippen LogP contribution in [0.25, 0.3) is 10.1 Å². The number of rotatable bonds is 6. The lowest BCUT2D eigenvalue weighted by molar-refractivity contribution is 0.589. The Bertz CT molecular complexity index is 1060. The van der Waals surface area contributed by atoms with Gasteiger partial charge < -0.3 is 5.09 Å². The second-order valence-electron chi connectivity index (χ2n) is 8.33. The number of halogens is 2. The number of benzene rings is 3. The van der Waals surface area contributed by atoms with E-state index in [0.29, 0.717) is 10.1 Å². The molecule has 3 rings (SSSR count). The maximum atomic E-state index is 14.0. The molecule has 0 radical (unpaired) electrons. The summed E-state index contributed by atoms with van der Waals surface area (Å²) in [4.78, 5) is 0. The topological polar surface area (TPSA) is 29.1 Å². The van der Waals surface area contributed by atoms with Crippen LogP contribution in [-0.4, -0.2) is 0 Å². The molecular formula is C26H26Cl2NOP. The summed E-state index contributed by atoms with van der Waals surface area (Å²) in [6.45, 7) is 6.47. The van der Waals surface area contributed by atoms with Crippen LogP contribution in [0, 0.1) is 0 Å². The third kappa shape index (κ3) is 6.61. The fraction of sp³-hybridized carbons (Fsp3) is 0.154. The molecule has 0 heterocycles. The van der Waals surface area contributed by atoms with Crippen molar-refractivity contribution in [2.45, 2.75) is 26.2 Å². The maximum Gasteiger partial charge on any atom is 0.216 e. The van der Waals surface area contributed by atoms with Crippen LogP contribution in [0.5, 0.6) is 0 Å². The molecule has 0 aliphatic carbocycles. The Morgan fingerprint density at radius 1 is 0.742 bits per heavy atom. The molecule has 1 unspecified atom stereocenters. The fourth-order valence-electron chi connectivity index (χ4n) is 3.03. The molecule has 5 heteroatoms. The zero-order chi connectivity index (χ0) is 22.5. The Morgan fingerprint density at radius 2 is 1.16 bits per heavy atom. The van der Waals surface area contributed by atoms with Crippen molar-refractivity contribution >= 4 is 46.2 Å². The monoisotopic (exact) mass is 469 g/mol. The molecule has 160 valence electrons. The van der Waals surface area contributed by atoms with E-state index in [2.05, 4.69) is 25.9 Å². The average Bonchev–Trinajstić information content (AvgIpc) is 2.74. The fourth-order valence-corrected chi connectivity index (χ4v) is 5.88. The molecule has 3 aromatic rings. The van der Waals surface area contributed by atoms with Gasteiger partial charge in [0, 0.05) is 17.3 Å². The van der Waals surface area contributed by atoms with Crippen LogP contribution in [0.4, 0.5) is 5.69 Å². The molecule has 31 heavy (non-hydrogen) atoms. The first kappa shape index (κ1) is 23.4. The Balaban J connectivity index is 2.01. The molecule has 1 N–H and O–H groups in total. The van der Waals surface area contributed by atoms with Crippen LogP contribution >= 0.6 is 30.5 Å². The van der Waals surface area contributed by atoms with Crippen LogP contribution in [0.1, 0.15) is 37.5 Å². The molecule has 0 spiro atoms. The highest BCUT2D eigenvalue weighted by molar-refractivity contribution is 7.72. The van der Waals surface area contributed by atoms with Crippen molar-refractivity contribution in [3.05, 3.63) is 113 Å². The van der Waals surface area contributed by atoms with Gasteiger partial charge in [0.05, 0.1) is 10.1 Å². The van der Waals surface area contributed by atoms with E-state index in [0.717, 1.165) is 16.8 Å². The zero-order valence-electron chi connectivity index (χ0n) is 17.8. The van der Waals surface area contributed by atoms with E-state index in [1.54, 1.807) is 11.6 Å². The number of nitrogens with one attached hydrogen (secondary N) is 1. The highest BCUT2D eigenvalue weighted by Crippen LogP contribution is 2.53. The molecule has 0 aromatic heterocycles. The standard InChI is InChI=1S/C26H26Cl2NOP/c1-26(2,3)22-14-16-23(17-15-22)29-31(30,18-24(27)20-10-6-4-7-11-20)19-25(28)21-12-8-5-9-13-21/h4-19H,1-3H3,(H,29,30)/b24-18-,25-19+. The van der Waals surface area contributed by atoms with Gasteiger partial charge in [0.1, 0.15) is 0 Å². The van der Waals surface area contributed by atoms with Crippen LogP contribution in [0.2, 0.25) is 0 Å². The van der Waals surface area contributed by atoms with Gasteiger partial charge in [0.15, 0.2) is 0 Å². The molecule has 0 aliphatic rings. The van der Waals surface area contributed by atoms with Gasteiger partial charge in [-0.1, -0.05) is 117 Å². The van der Waals surface area contributed by atoms with E-state index in [1.165, 1.54) is 5.56 Å². The summed E-state index contributed by atoms with van der Waals surface area (Å²) in [5, 5.41) is 3.97. The summed E-state index contributed by atoms with van der Waals surface area (Å²) >= 11 is 13.1. The van der Waals surface area contributed by atoms with Gasteiger partial charge in [-0.15, -0.1) is 0 Å². The number of hydrogen-bond acceptors (Lipinski definition) is 1. The van der Waals surface area contributed by atoms with Crippen molar-refractivity contribution in [2.75, 3.05) is 5.09 Å². The van der Waals surface area contributed by atoms with E-state index in [-0.39, 0.29) is 5.41 Å². The highest BCUT2D eigenvalue weighted by Gasteiger charge is 2.20. The average molecular weight is 470 g/mol. The molecular weight excluding hydrogens is 444 g/mol. The van der Waals surface area contributed by atoms with Gasteiger partial charge in [-0.25, -0.2) is 0 Å². The second kappa shape index (κ2) is 9.92. The summed E-state index contributed by atoms with van der Waals surface area (Å²) in [5.41, 5.74) is 3.55. The minimum Gasteiger partial charge on any atom is -0.330 e. The lowest BCUT2D eigenvalue weighted by Crippen LogP contribution is -2.10. The quantitative estimate of drug-likeness (QED) is 0.364. The first-order chi connectivity index (χ1) is 14.7. The normalized spacial score (nSPS) is 14.7. The van der Waals surface area contributed by atoms with Crippen molar-refractivity contribution in [3.63, 3.8) is 0 Å². The van der Waals surface area contributed by atoms with E-state index < -0.39 is 7.29 Å². The molecule has 0 amide bonds. The SMILES string of the molecule is CC(C)(C)c1ccc(NP(=O)(/C=C(\Cl)c2ccccc2)/C=C(/Cl)c2ccccc2)cc1. The van der Waals surface area contributed by atoms with E-state index in [4.69, 9.17) is 23.2 Å². The van der Waals surface area contributed by atoms with Gasteiger partial charge in [-0.05, 0) is 34.2 Å². The highest BCUT2D eigenvalue weighted by atomic mass is 35.5. The minimum absolute atomic E-state index is 0.0370. The Kier molecular flexibility index (Phi) is 7.49. The van der Waals surface area contributed by atoms with Gasteiger partial charge >= 0.3 is 0 Å². The predicted molar refractivity (Wildman–Crippen MR) is 137 cm³/mol. The molecule has 0 saturated carbocycles. The molecule has 0 aliphatic heterocycles. The van der Waals surface area contributed by atoms with Crippen molar-refractivity contribution in [1.29, 1.82) is 0 Å². The molecule has 3 aromatic carbocycles. The maximum absolute atomic E-state index is 14.0. The van der Waals surface area contributed by atoms with Crippen molar-refractivity contribution < 1.29 is 4.57 Å². The summed E-state index contributed by atoms with van der Waals surface area (Å²) < 4.78 is 14.0. The van der Waals surface area contributed by atoms with E-state index >= 15 is 0 Å². The van der Waals surface area contributed by atoms with Crippen LogP contribution in [-0.2, 0) is 9.98 Å². The largest absolute Gasteiger partial charge is 0.330 e. The van der Waals surface area contributed by atoms with Gasteiger partial charge in [0.25, 0.3) is 0 Å². The summed E-state index contributed by atoms with van der Waals surface area (Å²) in [7, 11) is -3.28. The van der Waals surface area contributed by atoms with Crippen molar-refractivity contribution in [1.82, 2.24) is 0 Å². The summed E-state index contributed by atoms with van der Waals surface area (Å²) in [5.74, 6) is 3.12. The molecule has 1 atom stereocenters. The van der Waals surface area contributed by atoms with E-state index in [9.17, 15) is 4.57 Å². The smallest absolute Gasteiger partial charge is 0.216 e. The molecule has 0 fully saturated rings. The Labute approximate surface area is 195 Å². The third-order valence-corrected chi connectivity index (χ3v) is 7.61. The van der Waals surface area contributed by atoms with Gasteiger partial charge in [0.2, 0.25) is 7.29 Å². The van der Waals surface area contributed by atoms with Crippen molar-refractivity contribution in [3.8, 4) is 0 Å². The number of anilines is 1. The van der Waals surface area contributed by atoms with Gasteiger partial charge in [-0.2, -0.15) is 0 Å². The lowest BCUT2D eigenvalue weighted by atomic mass is 9.87. The molecule has 0 bridgehead atoms. The van der Waals surface area contributed by atoms with Crippen molar-refractivity contribution in [2.24, 2.45) is 0 Å². The summed E-state index contributed by atoms with van der Waals surface area (Å²) in [6, 6.07) is 26.8. The van der Waals surface area contributed by atoms with Crippen LogP contribution in [0.15, 0.2) is 96.6 Å². The Morgan fingerprint density at radius 3 is 1.55 bits per heavy atom. The van der Waals surface area contributed by atoms with Crippen LogP contribution in [0.3, 0.4) is 0 Å². The zero-order valence-corrected chi connectivity index (χ0v) is 20.3. The Hall–Kier alpha value is -2.25. The van der Waals surface area contributed by atoms with E-state index in [1.807, 2.05) is 84.9 Å². The predicted octanol–water partition coefficient (Wildman–Crippen LogP) is 9.15. The second-order valence-corrected chi connectivity index (χ2v) is 11.3. The first-order valence-corrected chi connectivity index (χ1v) is 12.6. The molecule has 2 nitrogen and oxygen atoms in total.